The van der Waals surface area contributed by atoms with Gasteiger partial charge < -0.3 is 5.32 Å². The fourth-order valence-electron chi connectivity index (χ4n) is 3.35. The van der Waals surface area contributed by atoms with Gasteiger partial charge in [0, 0.05) is 25.2 Å². The van der Waals surface area contributed by atoms with Crippen LogP contribution in [0.5, 0.6) is 0 Å². The molecule has 2 nitrogen and oxygen atoms in total. The van der Waals surface area contributed by atoms with Crippen LogP contribution in [0, 0.1) is 18.3 Å². The summed E-state index contributed by atoms with van der Waals surface area (Å²) < 4.78 is 0. The molecule has 1 heterocycles. The van der Waals surface area contributed by atoms with Gasteiger partial charge in [-0.05, 0) is 38.5 Å². The molecule has 17 heavy (non-hydrogen) atoms. The van der Waals surface area contributed by atoms with Crippen LogP contribution in [-0.4, -0.2) is 36.6 Å². The lowest BCUT2D eigenvalue weighted by Gasteiger charge is -2.34. The van der Waals surface area contributed by atoms with Crippen molar-refractivity contribution >= 4 is 0 Å². The molecule has 2 rings (SSSR count). The third-order valence-corrected chi connectivity index (χ3v) is 4.51. The largest absolute Gasteiger partial charge is 0.311 e. The van der Waals surface area contributed by atoms with E-state index < -0.39 is 0 Å². The van der Waals surface area contributed by atoms with Crippen LogP contribution >= 0.6 is 0 Å². The summed E-state index contributed by atoms with van der Waals surface area (Å²) in [6.07, 6.45) is 13.6. The average Bonchev–Trinajstić information content (AvgIpc) is 2.86. The van der Waals surface area contributed by atoms with Crippen LogP contribution in [0.3, 0.4) is 0 Å². The Bertz CT molecular complexity index is 255. The van der Waals surface area contributed by atoms with Crippen molar-refractivity contribution < 1.29 is 0 Å². The molecule has 1 atom stereocenters. The lowest BCUT2D eigenvalue weighted by Crippen LogP contribution is -2.47. The zero-order valence-electron chi connectivity index (χ0n) is 11.1. The van der Waals surface area contributed by atoms with Crippen molar-refractivity contribution in [3.8, 4) is 12.3 Å². The van der Waals surface area contributed by atoms with Gasteiger partial charge >= 0.3 is 0 Å². The van der Waals surface area contributed by atoms with E-state index in [4.69, 9.17) is 6.42 Å². The molecule has 0 aromatic heterocycles. The molecule has 1 unspecified atom stereocenters. The molecule has 0 aromatic carbocycles. The van der Waals surface area contributed by atoms with E-state index in [0.29, 0.717) is 6.04 Å². The SMILES string of the molecule is C#CCN1CCC(NC(C)C2CCCC2)CC1. The van der Waals surface area contributed by atoms with Crippen molar-refractivity contribution in [1.82, 2.24) is 10.2 Å². The van der Waals surface area contributed by atoms with Crippen molar-refractivity contribution in [2.24, 2.45) is 5.92 Å². The van der Waals surface area contributed by atoms with Crippen molar-refractivity contribution in [2.75, 3.05) is 19.6 Å². The van der Waals surface area contributed by atoms with E-state index in [-0.39, 0.29) is 0 Å². The molecule has 0 bridgehead atoms. The summed E-state index contributed by atoms with van der Waals surface area (Å²) in [6.45, 7) is 5.53. The molecule has 1 saturated carbocycles. The summed E-state index contributed by atoms with van der Waals surface area (Å²) in [5, 5.41) is 3.85. The second-order valence-corrected chi connectivity index (χ2v) is 5.75. The van der Waals surface area contributed by atoms with Gasteiger partial charge in [-0.15, -0.1) is 6.42 Å². The van der Waals surface area contributed by atoms with E-state index in [1.165, 1.54) is 51.6 Å². The van der Waals surface area contributed by atoms with Crippen LogP contribution in [-0.2, 0) is 0 Å². The molecule has 96 valence electrons. The van der Waals surface area contributed by atoms with Crippen LogP contribution in [0.4, 0.5) is 0 Å². The Morgan fingerprint density at radius 2 is 1.88 bits per heavy atom. The normalized spacial score (nSPS) is 25.9. The number of nitrogens with zero attached hydrogens (tertiary/aromatic N) is 1. The number of rotatable bonds is 4. The Hall–Kier alpha value is -0.520. The van der Waals surface area contributed by atoms with Gasteiger partial charge in [0.25, 0.3) is 0 Å². The third kappa shape index (κ3) is 3.72. The van der Waals surface area contributed by atoms with E-state index in [0.717, 1.165) is 18.5 Å². The van der Waals surface area contributed by atoms with E-state index in [2.05, 4.69) is 23.1 Å². The number of hydrogen-bond donors (Lipinski definition) is 1. The van der Waals surface area contributed by atoms with E-state index >= 15 is 0 Å². The fraction of sp³-hybridized carbons (Fsp3) is 0.867. The van der Waals surface area contributed by atoms with Gasteiger partial charge in [-0.2, -0.15) is 0 Å². The van der Waals surface area contributed by atoms with E-state index in [9.17, 15) is 0 Å². The topological polar surface area (TPSA) is 15.3 Å². The van der Waals surface area contributed by atoms with Gasteiger partial charge in [-0.3, -0.25) is 4.90 Å². The maximum Gasteiger partial charge on any atom is 0.0598 e. The van der Waals surface area contributed by atoms with Crippen LogP contribution in [0.25, 0.3) is 0 Å². The molecule has 2 aliphatic rings. The number of likely N-dealkylation sites (tertiary alicyclic amines) is 1. The first-order valence-electron chi connectivity index (χ1n) is 7.21. The van der Waals surface area contributed by atoms with Gasteiger partial charge in [0.05, 0.1) is 6.54 Å². The van der Waals surface area contributed by atoms with E-state index in [1.54, 1.807) is 0 Å². The zero-order valence-corrected chi connectivity index (χ0v) is 11.1. The summed E-state index contributed by atoms with van der Waals surface area (Å²) in [5.74, 6) is 3.67. The molecule has 0 amide bonds. The lowest BCUT2D eigenvalue weighted by atomic mass is 9.96. The molecule has 2 fully saturated rings. The summed E-state index contributed by atoms with van der Waals surface area (Å²) in [5.41, 5.74) is 0. The smallest absolute Gasteiger partial charge is 0.0598 e. The second kappa shape index (κ2) is 6.42. The zero-order chi connectivity index (χ0) is 12.1. The van der Waals surface area contributed by atoms with Crippen LogP contribution in [0.15, 0.2) is 0 Å². The van der Waals surface area contributed by atoms with Crippen LogP contribution < -0.4 is 5.32 Å². The van der Waals surface area contributed by atoms with Crippen molar-refractivity contribution in [3.63, 3.8) is 0 Å². The first-order chi connectivity index (χ1) is 8.29. The van der Waals surface area contributed by atoms with Gasteiger partial charge in [0.2, 0.25) is 0 Å². The summed E-state index contributed by atoms with van der Waals surface area (Å²) in [7, 11) is 0. The second-order valence-electron chi connectivity index (χ2n) is 5.75. The highest BCUT2D eigenvalue weighted by Gasteiger charge is 2.25. The molecule has 1 aliphatic carbocycles. The highest BCUT2D eigenvalue weighted by atomic mass is 15.1. The third-order valence-electron chi connectivity index (χ3n) is 4.51. The molecule has 1 saturated heterocycles. The molecule has 2 heteroatoms. The quantitative estimate of drug-likeness (QED) is 0.751. The highest BCUT2D eigenvalue weighted by Crippen LogP contribution is 2.28. The molecular weight excluding hydrogens is 208 g/mol. The number of piperidine rings is 1. The molecule has 1 N–H and O–H groups in total. The summed E-state index contributed by atoms with van der Waals surface area (Å²) >= 11 is 0. The van der Waals surface area contributed by atoms with Crippen molar-refractivity contribution in [3.05, 3.63) is 0 Å². The minimum Gasteiger partial charge on any atom is -0.311 e. The Morgan fingerprint density at radius 3 is 2.47 bits per heavy atom. The minimum absolute atomic E-state index is 0.710. The van der Waals surface area contributed by atoms with E-state index in [1.807, 2.05) is 0 Å². The van der Waals surface area contributed by atoms with Crippen molar-refractivity contribution in [1.29, 1.82) is 0 Å². The molecule has 0 radical (unpaired) electrons. The highest BCUT2D eigenvalue weighted by molar-refractivity contribution is 4.91. The predicted molar refractivity (Wildman–Crippen MR) is 72.9 cm³/mol. The monoisotopic (exact) mass is 234 g/mol. The maximum absolute atomic E-state index is 5.35. The maximum atomic E-state index is 5.35. The average molecular weight is 234 g/mol. The van der Waals surface area contributed by atoms with Crippen LogP contribution in [0.1, 0.15) is 45.4 Å². The Balaban J connectivity index is 1.68. The molecule has 0 aromatic rings. The Kier molecular flexibility index (Phi) is 4.88. The Labute approximate surface area is 106 Å². The number of hydrogen-bond acceptors (Lipinski definition) is 2. The standard InChI is InChI=1S/C15H26N2/c1-3-10-17-11-8-15(9-12-17)16-13(2)14-6-4-5-7-14/h1,13-16H,4-12H2,2H3. The minimum atomic E-state index is 0.710. The number of nitrogens with one attached hydrogen (secondary N) is 1. The van der Waals surface area contributed by atoms with Gasteiger partial charge in [-0.1, -0.05) is 18.8 Å². The molecule has 0 spiro atoms. The van der Waals surface area contributed by atoms with Gasteiger partial charge in [0.1, 0.15) is 0 Å². The molecular formula is C15H26N2. The van der Waals surface area contributed by atoms with Gasteiger partial charge in [-0.25, -0.2) is 0 Å². The summed E-state index contributed by atoms with van der Waals surface area (Å²) in [6, 6.07) is 1.43. The summed E-state index contributed by atoms with van der Waals surface area (Å²) in [4.78, 5) is 2.39. The Morgan fingerprint density at radius 1 is 1.24 bits per heavy atom. The predicted octanol–water partition coefficient (Wildman–Crippen LogP) is 2.25. The fourth-order valence-corrected chi connectivity index (χ4v) is 3.35. The number of terminal acetylenes is 1. The first-order valence-corrected chi connectivity index (χ1v) is 7.21. The van der Waals surface area contributed by atoms with Crippen LogP contribution in [0.2, 0.25) is 0 Å². The lowest BCUT2D eigenvalue weighted by molar-refractivity contribution is 0.200. The van der Waals surface area contributed by atoms with Gasteiger partial charge in [0.15, 0.2) is 0 Å². The van der Waals surface area contributed by atoms with Crippen molar-refractivity contribution in [2.45, 2.75) is 57.5 Å². The molecule has 1 aliphatic heterocycles. The first kappa shape index (κ1) is 12.9.